The van der Waals surface area contributed by atoms with Crippen molar-refractivity contribution >= 4 is 29.0 Å². The van der Waals surface area contributed by atoms with E-state index in [1.54, 1.807) is 0 Å². The molecule has 0 atom stereocenters. The molecule has 0 spiro atoms. The average Bonchev–Trinajstić information content (AvgIpc) is 3.64. The molecule has 0 saturated carbocycles. The van der Waals surface area contributed by atoms with Crippen LogP contribution in [0.5, 0.6) is 11.5 Å². The Hall–Kier alpha value is -5.92. The van der Waals surface area contributed by atoms with Crippen molar-refractivity contribution in [2.75, 3.05) is 0 Å². The summed E-state index contributed by atoms with van der Waals surface area (Å²) in [6.45, 7) is 26.8. The van der Waals surface area contributed by atoms with Crippen LogP contribution in [0.15, 0.2) is 134 Å². The van der Waals surface area contributed by atoms with Gasteiger partial charge >= 0.3 is 243 Å². The Morgan fingerprint density at radius 1 is 0.515 bits per heavy atom. The normalized spacial score (nSPS) is 13.9. The van der Waals surface area contributed by atoms with E-state index in [4.69, 9.17) is 13.7 Å². The number of aromatic hydroxyl groups is 1. The van der Waals surface area contributed by atoms with Crippen LogP contribution in [-0.4, -0.2) is 33.2 Å². The van der Waals surface area contributed by atoms with Gasteiger partial charge in [-0.05, 0) is 39.0 Å². The fourth-order valence-electron chi connectivity index (χ4n) is 9.49. The molecule has 66 heavy (non-hydrogen) atoms. The zero-order chi connectivity index (χ0) is 47.3. The second-order valence-electron chi connectivity index (χ2n) is 23.0. The van der Waals surface area contributed by atoms with Crippen molar-refractivity contribution < 1.29 is 8.87 Å². The quantitative estimate of drug-likeness (QED) is 0.175. The number of phenolic OH excluding ortho intramolecular Hbond substituents is 1. The Morgan fingerprint density at radius 2 is 1.14 bits per heavy atom. The molecular formula is C60H65GeN3O2. The third-order valence-electron chi connectivity index (χ3n) is 13.4. The molecule has 6 aromatic carbocycles. The van der Waals surface area contributed by atoms with E-state index >= 15 is 0 Å². The van der Waals surface area contributed by atoms with E-state index in [0.29, 0.717) is 11.4 Å². The van der Waals surface area contributed by atoms with E-state index in [1.807, 2.05) is 6.20 Å². The number of aromatic nitrogens is 3. The number of hydrogen-bond acceptors (Lipinski definition) is 4. The van der Waals surface area contributed by atoms with Crippen molar-refractivity contribution in [2.45, 2.75) is 116 Å². The van der Waals surface area contributed by atoms with E-state index in [9.17, 15) is 5.11 Å². The summed E-state index contributed by atoms with van der Waals surface area (Å²) in [5.74, 6) is 6.47. The molecule has 0 fully saturated rings. The van der Waals surface area contributed by atoms with Gasteiger partial charge in [0.15, 0.2) is 0 Å². The van der Waals surface area contributed by atoms with Crippen LogP contribution < -0.4 is 8.16 Å². The van der Waals surface area contributed by atoms with E-state index in [2.05, 4.69) is 227 Å². The Balaban J connectivity index is 1.37. The first-order valence-electron chi connectivity index (χ1n) is 23.5. The van der Waals surface area contributed by atoms with Gasteiger partial charge in [0.25, 0.3) is 0 Å². The van der Waals surface area contributed by atoms with E-state index in [0.717, 1.165) is 72.7 Å². The predicted octanol–water partition coefficient (Wildman–Crippen LogP) is 15.5. The second kappa shape index (κ2) is 15.9. The van der Waals surface area contributed by atoms with E-state index < -0.39 is 13.6 Å². The van der Waals surface area contributed by atoms with Gasteiger partial charge in [-0.15, -0.1) is 0 Å². The Bertz CT molecular complexity index is 3180. The molecule has 0 amide bonds. The molecule has 336 valence electrons. The summed E-state index contributed by atoms with van der Waals surface area (Å²) < 4.78 is 10.8. The molecule has 0 radical (unpaired) electrons. The van der Waals surface area contributed by atoms with Gasteiger partial charge in [-0.25, -0.2) is 0 Å². The van der Waals surface area contributed by atoms with Gasteiger partial charge in [0.05, 0.1) is 0 Å². The number of pyridine rings is 1. The van der Waals surface area contributed by atoms with Crippen molar-refractivity contribution in [1.29, 1.82) is 0 Å². The van der Waals surface area contributed by atoms with Gasteiger partial charge in [-0.3, -0.25) is 0 Å². The molecule has 5 nitrogen and oxygen atoms in total. The topological polar surface area (TPSA) is 60.2 Å². The zero-order valence-electron chi connectivity index (χ0n) is 41.4. The number of imidazole rings is 1. The maximum absolute atomic E-state index is 12.6. The monoisotopic (exact) mass is 933 g/mol. The molecular weight excluding hydrogens is 867 g/mol. The summed E-state index contributed by atoms with van der Waals surface area (Å²) in [6.07, 6.45) is 1.93. The Morgan fingerprint density at radius 3 is 1.82 bits per heavy atom. The minimum atomic E-state index is -2.93. The molecule has 8 aromatic rings. The number of para-hydroxylation sites is 1. The molecule has 6 heteroatoms. The maximum atomic E-state index is 12.6. The number of nitrogens with zero attached hydrogens (tertiary/aromatic N) is 3. The van der Waals surface area contributed by atoms with E-state index in [-0.39, 0.29) is 27.4 Å². The number of rotatable bonds is 5. The van der Waals surface area contributed by atoms with Gasteiger partial charge in [0, 0.05) is 5.56 Å². The summed E-state index contributed by atoms with van der Waals surface area (Å²) in [5, 5.41) is 12.6. The fraction of sp³-hybridized carbons (Fsp3) is 0.300. The van der Waals surface area contributed by atoms with Crippen molar-refractivity contribution in [3.63, 3.8) is 0 Å². The van der Waals surface area contributed by atoms with Crippen LogP contribution in [0.4, 0.5) is 0 Å². The molecule has 3 heterocycles. The van der Waals surface area contributed by atoms with Crippen LogP contribution in [-0.2, 0) is 21.7 Å². The fourth-order valence-corrected chi connectivity index (χ4v) is 14.1. The molecule has 9 rings (SSSR count). The first-order valence-corrected chi connectivity index (χ1v) is 29.6. The summed E-state index contributed by atoms with van der Waals surface area (Å²) in [6, 6.07) is 46.1. The SMILES string of the molecule is CC(C)(C)c1cc(-c2nccc3c2[O][Ge]([CH3])([CH3])[c]2ccccc2-3)cc(-c2cccc3c2nc(-c2cc(C(C)(C)C)cc(C(C)(C)C)c2O)n3-c2ccc(C(C)(C)C)cc2-c2ccccc2)c1. The van der Waals surface area contributed by atoms with Crippen LogP contribution in [0, 0.1) is 0 Å². The second-order valence-corrected chi connectivity index (χ2v) is 30.9. The number of hydrogen-bond donors (Lipinski definition) is 1. The molecule has 1 aliphatic heterocycles. The van der Waals surface area contributed by atoms with Crippen molar-refractivity contribution in [3.8, 4) is 73.2 Å². The van der Waals surface area contributed by atoms with Crippen molar-refractivity contribution in [2.24, 2.45) is 0 Å². The van der Waals surface area contributed by atoms with Gasteiger partial charge in [0.2, 0.25) is 0 Å². The van der Waals surface area contributed by atoms with Crippen molar-refractivity contribution in [1.82, 2.24) is 14.5 Å². The molecule has 0 unspecified atom stereocenters. The first-order chi connectivity index (χ1) is 30.9. The Labute approximate surface area is 395 Å². The van der Waals surface area contributed by atoms with Gasteiger partial charge < -0.3 is 5.11 Å². The molecule has 0 saturated heterocycles. The van der Waals surface area contributed by atoms with Crippen LogP contribution in [0.3, 0.4) is 0 Å². The predicted molar refractivity (Wildman–Crippen MR) is 280 cm³/mol. The first kappa shape index (κ1) is 45.2. The van der Waals surface area contributed by atoms with E-state index in [1.165, 1.54) is 21.1 Å². The average molecular weight is 933 g/mol. The van der Waals surface area contributed by atoms with Crippen LogP contribution in [0.2, 0.25) is 11.5 Å². The minimum absolute atomic E-state index is 0.0776. The van der Waals surface area contributed by atoms with Gasteiger partial charge in [-0.2, -0.15) is 0 Å². The number of benzene rings is 6. The summed E-state index contributed by atoms with van der Waals surface area (Å²) in [7, 11) is 0. The molecule has 1 aliphatic rings. The summed E-state index contributed by atoms with van der Waals surface area (Å²) >= 11 is -2.93. The molecule has 1 N–H and O–H groups in total. The third kappa shape index (κ3) is 8.08. The Kier molecular flexibility index (Phi) is 10.9. The summed E-state index contributed by atoms with van der Waals surface area (Å²) in [5.41, 5.74) is 15.7. The third-order valence-corrected chi connectivity index (χ3v) is 18.5. The standard InChI is InChI=1S/C60H65GeN3O2/c1-57(2,3)40-27-28-50(46(34-40)37-21-16-15-17-22-37)64-51-26-20-24-43(53(51)63-56(64)47-35-42(59(7,8)9)36-48(54(47)65)60(10,11)12)38-31-39(33-41(32-38)58(4,5)6)52-55-45(29-30-62-52)44-23-18-19-25-49(44)61(13,14)66-55/h15-36,65H,1-14H3. The van der Waals surface area contributed by atoms with Gasteiger partial charge in [-0.1, -0.05) is 105 Å². The van der Waals surface area contributed by atoms with Gasteiger partial charge in [0.1, 0.15) is 0 Å². The number of phenols is 1. The zero-order valence-corrected chi connectivity index (χ0v) is 43.5. The van der Waals surface area contributed by atoms with Crippen LogP contribution in [0.25, 0.3) is 72.7 Å². The molecule has 2 aromatic heterocycles. The summed E-state index contributed by atoms with van der Waals surface area (Å²) in [4.78, 5) is 10.8. The van der Waals surface area contributed by atoms with Crippen LogP contribution in [0.1, 0.15) is 105 Å². The molecule has 0 bridgehead atoms. The number of fused-ring (bicyclic) bond motifs is 4. The van der Waals surface area contributed by atoms with Crippen molar-refractivity contribution in [3.05, 3.63) is 156 Å². The van der Waals surface area contributed by atoms with Crippen LogP contribution >= 0.6 is 0 Å². The molecule has 0 aliphatic carbocycles.